The van der Waals surface area contributed by atoms with Crippen LogP contribution in [-0.4, -0.2) is 33.9 Å². The van der Waals surface area contributed by atoms with E-state index in [9.17, 15) is 14.4 Å². The molecule has 0 fully saturated rings. The predicted molar refractivity (Wildman–Crippen MR) is 80.8 cm³/mol. The molecule has 7 heteroatoms. The van der Waals surface area contributed by atoms with Gasteiger partial charge in [-0.15, -0.1) is 11.8 Å². The molecule has 0 radical (unpaired) electrons. The summed E-state index contributed by atoms with van der Waals surface area (Å²) in [5.74, 6) is -2.04. The molecule has 5 nitrogen and oxygen atoms in total. The monoisotopic (exact) mass is 359 g/mol. The van der Waals surface area contributed by atoms with Gasteiger partial charge in [-0.2, -0.15) is 0 Å². The van der Waals surface area contributed by atoms with Crippen molar-refractivity contribution in [1.29, 1.82) is 0 Å². The molecule has 0 bridgehead atoms. The van der Waals surface area contributed by atoms with Gasteiger partial charge in [-0.3, -0.25) is 19.7 Å². The molecular weight excluding hydrogens is 346 g/mol. The van der Waals surface area contributed by atoms with Crippen LogP contribution >= 0.6 is 27.7 Å². The normalized spacial score (nSPS) is 11.7. The number of hydrogen-bond donors (Lipinski definition) is 2. The fraction of sp³-hybridized carbons (Fsp3) is 0.308. The number of imide groups is 1. The molecule has 1 atom stereocenters. The first-order valence-electron chi connectivity index (χ1n) is 5.88. The van der Waals surface area contributed by atoms with Crippen LogP contribution in [0.2, 0.25) is 0 Å². The molecule has 0 aliphatic carbocycles. The van der Waals surface area contributed by atoms with E-state index in [0.717, 1.165) is 11.8 Å². The number of halogens is 1. The van der Waals surface area contributed by atoms with Crippen LogP contribution in [0.4, 0.5) is 0 Å². The van der Waals surface area contributed by atoms with E-state index in [1.54, 1.807) is 31.2 Å². The Bertz CT molecular complexity index is 521. The van der Waals surface area contributed by atoms with Gasteiger partial charge in [0, 0.05) is 4.47 Å². The molecule has 2 amide bonds. The highest BCUT2D eigenvalue weighted by Gasteiger charge is 2.18. The van der Waals surface area contributed by atoms with E-state index in [4.69, 9.17) is 5.11 Å². The number of amides is 2. The van der Waals surface area contributed by atoms with Crippen LogP contribution in [0.1, 0.15) is 23.7 Å². The van der Waals surface area contributed by atoms with Crippen LogP contribution in [-0.2, 0) is 9.59 Å². The van der Waals surface area contributed by atoms with Crippen molar-refractivity contribution in [3.05, 3.63) is 34.3 Å². The summed E-state index contributed by atoms with van der Waals surface area (Å²) in [7, 11) is 0. The predicted octanol–water partition coefficient (Wildman–Crippen LogP) is 2.30. The lowest BCUT2D eigenvalue weighted by Crippen LogP contribution is -2.33. The maximum Gasteiger partial charge on any atom is 0.316 e. The lowest BCUT2D eigenvalue weighted by atomic mass is 10.2. The molecule has 20 heavy (non-hydrogen) atoms. The van der Waals surface area contributed by atoms with Crippen LogP contribution < -0.4 is 5.32 Å². The number of nitrogens with one attached hydrogen (secondary N) is 1. The molecule has 0 saturated carbocycles. The summed E-state index contributed by atoms with van der Waals surface area (Å²) >= 11 is 4.23. The van der Waals surface area contributed by atoms with Crippen molar-refractivity contribution in [2.75, 3.05) is 5.75 Å². The Morgan fingerprint density at radius 3 is 2.55 bits per heavy atom. The lowest BCUT2D eigenvalue weighted by molar-refractivity contribution is -0.136. The first kappa shape index (κ1) is 16.7. The summed E-state index contributed by atoms with van der Waals surface area (Å²) in [5, 5.41) is 10.5. The third-order valence-electron chi connectivity index (χ3n) is 2.43. The summed E-state index contributed by atoms with van der Waals surface area (Å²) in [6, 6.07) is 6.74. The van der Waals surface area contributed by atoms with Gasteiger partial charge in [0.1, 0.15) is 5.25 Å². The second-order valence-electron chi connectivity index (χ2n) is 3.90. The minimum atomic E-state index is -0.956. The highest BCUT2D eigenvalue weighted by Crippen LogP contribution is 2.16. The highest BCUT2D eigenvalue weighted by atomic mass is 79.9. The van der Waals surface area contributed by atoms with Gasteiger partial charge in [-0.25, -0.2) is 0 Å². The van der Waals surface area contributed by atoms with E-state index in [-0.39, 0.29) is 5.75 Å². The van der Waals surface area contributed by atoms with Crippen molar-refractivity contribution in [3.8, 4) is 0 Å². The fourth-order valence-corrected chi connectivity index (χ4v) is 2.68. The Hall–Kier alpha value is -1.34. The van der Waals surface area contributed by atoms with Crippen molar-refractivity contribution in [1.82, 2.24) is 5.32 Å². The van der Waals surface area contributed by atoms with E-state index in [0.29, 0.717) is 16.5 Å². The first-order valence-corrected chi connectivity index (χ1v) is 7.73. The van der Waals surface area contributed by atoms with Crippen LogP contribution in [0, 0.1) is 0 Å². The maximum atomic E-state index is 11.8. The van der Waals surface area contributed by atoms with E-state index in [2.05, 4.69) is 21.2 Å². The number of carbonyl (C=O) groups excluding carboxylic acids is 2. The molecule has 0 aliphatic heterocycles. The van der Waals surface area contributed by atoms with Gasteiger partial charge in [0.15, 0.2) is 0 Å². The average molecular weight is 360 g/mol. The zero-order valence-corrected chi connectivity index (χ0v) is 13.2. The molecule has 0 heterocycles. The molecule has 1 rings (SSSR count). The molecular formula is C13H14BrNO4S. The Kier molecular flexibility index (Phi) is 6.74. The van der Waals surface area contributed by atoms with Gasteiger partial charge < -0.3 is 5.11 Å². The van der Waals surface area contributed by atoms with E-state index in [1.165, 1.54) is 0 Å². The topological polar surface area (TPSA) is 83.5 Å². The van der Waals surface area contributed by atoms with Gasteiger partial charge in [-0.05, 0) is 34.5 Å². The van der Waals surface area contributed by atoms with E-state index >= 15 is 0 Å². The van der Waals surface area contributed by atoms with Gasteiger partial charge in [0.05, 0.1) is 11.3 Å². The smallest absolute Gasteiger partial charge is 0.316 e. The fourth-order valence-electron chi connectivity index (χ4n) is 1.42. The van der Waals surface area contributed by atoms with Gasteiger partial charge in [-0.1, -0.05) is 19.1 Å². The number of aliphatic carboxylic acids is 1. The highest BCUT2D eigenvalue weighted by molar-refractivity contribution is 9.10. The third kappa shape index (κ3) is 4.97. The molecule has 1 aromatic carbocycles. The Morgan fingerprint density at radius 2 is 2.00 bits per heavy atom. The number of rotatable bonds is 6. The standard InChI is InChI=1S/C13H14BrNO4S/c1-2-10(13(18)19)20-7-11(16)15-12(17)8-5-3-4-6-9(8)14/h3-6,10H,2,7H2,1H3,(H,18,19)(H,15,16,17). The molecule has 0 spiro atoms. The van der Waals surface area contributed by atoms with E-state index < -0.39 is 23.0 Å². The summed E-state index contributed by atoms with van der Waals surface area (Å²) in [6.45, 7) is 1.73. The van der Waals surface area contributed by atoms with E-state index in [1.807, 2.05) is 0 Å². The Balaban J connectivity index is 2.53. The summed E-state index contributed by atoms with van der Waals surface area (Å²) < 4.78 is 0.593. The maximum absolute atomic E-state index is 11.8. The Morgan fingerprint density at radius 1 is 1.35 bits per heavy atom. The minimum Gasteiger partial charge on any atom is -0.480 e. The second kappa shape index (κ2) is 8.06. The van der Waals surface area contributed by atoms with Gasteiger partial charge in [0.25, 0.3) is 5.91 Å². The number of hydrogen-bond acceptors (Lipinski definition) is 4. The van der Waals surface area contributed by atoms with Crippen molar-refractivity contribution in [3.63, 3.8) is 0 Å². The second-order valence-corrected chi connectivity index (χ2v) is 5.95. The van der Waals surface area contributed by atoms with Crippen LogP contribution in [0.5, 0.6) is 0 Å². The molecule has 0 aliphatic rings. The molecule has 108 valence electrons. The van der Waals surface area contributed by atoms with Crippen molar-refractivity contribution >= 4 is 45.5 Å². The largest absolute Gasteiger partial charge is 0.480 e. The molecule has 1 unspecified atom stereocenters. The average Bonchev–Trinajstić information content (AvgIpc) is 2.39. The number of thioether (sulfide) groups is 1. The van der Waals surface area contributed by atoms with Crippen LogP contribution in [0.3, 0.4) is 0 Å². The lowest BCUT2D eigenvalue weighted by Gasteiger charge is -2.09. The summed E-state index contributed by atoms with van der Waals surface area (Å²) in [4.78, 5) is 34.3. The number of benzene rings is 1. The van der Waals surface area contributed by atoms with Gasteiger partial charge in [0.2, 0.25) is 5.91 Å². The molecule has 2 N–H and O–H groups in total. The van der Waals surface area contributed by atoms with Crippen LogP contribution in [0.15, 0.2) is 28.7 Å². The van der Waals surface area contributed by atoms with Crippen molar-refractivity contribution in [2.24, 2.45) is 0 Å². The number of carbonyl (C=O) groups is 3. The quantitative estimate of drug-likeness (QED) is 0.813. The zero-order valence-electron chi connectivity index (χ0n) is 10.8. The number of carboxylic acids is 1. The first-order chi connectivity index (χ1) is 9.45. The molecule has 0 aromatic heterocycles. The zero-order chi connectivity index (χ0) is 15.1. The summed E-state index contributed by atoms with van der Waals surface area (Å²) in [5.41, 5.74) is 0.358. The summed E-state index contributed by atoms with van der Waals surface area (Å²) in [6.07, 6.45) is 0.422. The number of carboxylic acid groups (broad SMARTS) is 1. The molecule has 0 saturated heterocycles. The molecule has 1 aromatic rings. The third-order valence-corrected chi connectivity index (χ3v) is 4.49. The SMILES string of the molecule is CCC(SCC(=O)NC(=O)c1ccccc1Br)C(=O)O. The van der Waals surface area contributed by atoms with Crippen LogP contribution in [0.25, 0.3) is 0 Å². The van der Waals surface area contributed by atoms with Crippen molar-refractivity contribution < 1.29 is 19.5 Å². The van der Waals surface area contributed by atoms with Crippen molar-refractivity contribution in [2.45, 2.75) is 18.6 Å². The Labute approximate surface area is 129 Å². The minimum absolute atomic E-state index is 0.0685. The van der Waals surface area contributed by atoms with Gasteiger partial charge >= 0.3 is 5.97 Å².